The molecule has 2 rings (SSSR count). The summed E-state index contributed by atoms with van der Waals surface area (Å²) in [5, 5.41) is 7.80. The lowest BCUT2D eigenvalue weighted by molar-refractivity contribution is 0.794. The van der Waals surface area contributed by atoms with E-state index in [-0.39, 0.29) is 0 Å². The van der Waals surface area contributed by atoms with Crippen molar-refractivity contribution in [2.24, 2.45) is 4.99 Å². The summed E-state index contributed by atoms with van der Waals surface area (Å²) in [6.07, 6.45) is 3.95. The molecular weight excluding hydrogens is 302 g/mol. The van der Waals surface area contributed by atoms with Crippen LogP contribution in [0.3, 0.4) is 0 Å². The standard InChI is InChI=1S/C14H21N5S2/c1-4-11-7-17-13(21-11)5-6-16-14(15-3)18-8-12-10(2)19-9-20-12/h7,9H,4-6,8H2,1-3H3,(H2,15,16,18). The molecule has 0 bridgehead atoms. The van der Waals surface area contributed by atoms with E-state index in [2.05, 4.69) is 32.5 Å². The van der Waals surface area contributed by atoms with Gasteiger partial charge in [-0.3, -0.25) is 4.99 Å². The van der Waals surface area contributed by atoms with Gasteiger partial charge in [-0.1, -0.05) is 6.92 Å². The number of aryl methyl sites for hydroxylation is 2. The van der Waals surface area contributed by atoms with Gasteiger partial charge in [-0.25, -0.2) is 9.97 Å². The Hall–Kier alpha value is -1.47. The Morgan fingerprint density at radius 3 is 2.81 bits per heavy atom. The number of aliphatic imine (C=N–C) groups is 1. The molecule has 0 unspecified atom stereocenters. The predicted molar refractivity (Wildman–Crippen MR) is 90.2 cm³/mol. The Bertz CT molecular complexity index is 588. The van der Waals surface area contributed by atoms with Gasteiger partial charge >= 0.3 is 0 Å². The van der Waals surface area contributed by atoms with E-state index in [1.165, 1.54) is 14.8 Å². The zero-order chi connectivity index (χ0) is 15.1. The fourth-order valence-corrected chi connectivity index (χ4v) is 3.37. The maximum atomic E-state index is 4.42. The fourth-order valence-electron chi connectivity index (χ4n) is 1.80. The van der Waals surface area contributed by atoms with Crippen LogP contribution in [0.15, 0.2) is 16.7 Å². The van der Waals surface area contributed by atoms with Crippen LogP contribution in [-0.2, 0) is 19.4 Å². The third-order valence-corrected chi connectivity index (χ3v) is 5.20. The van der Waals surface area contributed by atoms with Crippen LogP contribution in [0.1, 0.15) is 27.4 Å². The van der Waals surface area contributed by atoms with Gasteiger partial charge in [0.1, 0.15) is 0 Å². The van der Waals surface area contributed by atoms with Crippen molar-refractivity contribution in [3.8, 4) is 0 Å². The summed E-state index contributed by atoms with van der Waals surface area (Å²) >= 11 is 3.45. The number of nitrogens with zero attached hydrogens (tertiary/aromatic N) is 3. The van der Waals surface area contributed by atoms with E-state index in [0.717, 1.165) is 37.6 Å². The molecule has 2 heterocycles. The lowest BCUT2D eigenvalue weighted by Gasteiger charge is -2.10. The highest BCUT2D eigenvalue weighted by molar-refractivity contribution is 7.11. The molecule has 2 aromatic heterocycles. The molecule has 0 amide bonds. The van der Waals surface area contributed by atoms with Crippen LogP contribution >= 0.6 is 22.7 Å². The first-order valence-electron chi connectivity index (χ1n) is 7.00. The van der Waals surface area contributed by atoms with Crippen molar-refractivity contribution < 1.29 is 0 Å². The first-order chi connectivity index (χ1) is 10.2. The van der Waals surface area contributed by atoms with Crippen molar-refractivity contribution in [3.63, 3.8) is 0 Å². The number of nitrogens with one attached hydrogen (secondary N) is 2. The van der Waals surface area contributed by atoms with E-state index in [0.29, 0.717) is 0 Å². The maximum Gasteiger partial charge on any atom is 0.191 e. The largest absolute Gasteiger partial charge is 0.356 e. The average molecular weight is 323 g/mol. The molecule has 0 saturated carbocycles. The molecule has 7 heteroatoms. The number of aromatic nitrogens is 2. The average Bonchev–Trinajstić information content (AvgIpc) is 3.11. The van der Waals surface area contributed by atoms with Gasteiger partial charge in [0.05, 0.1) is 22.8 Å². The summed E-state index contributed by atoms with van der Waals surface area (Å²) < 4.78 is 0. The number of guanidine groups is 1. The van der Waals surface area contributed by atoms with Crippen molar-refractivity contribution in [2.45, 2.75) is 33.2 Å². The van der Waals surface area contributed by atoms with Crippen molar-refractivity contribution in [2.75, 3.05) is 13.6 Å². The van der Waals surface area contributed by atoms with E-state index >= 15 is 0 Å². The summed E-state index contributed by atoms with van der Waals surface area (Å²) in [6.45, 7) is 5.77. The van der Waals surface area contributed by atoms with Gasteiger partial charge in [-0.15, -0.1) is 22.7 Å². The maximum absolute atomic E-state index is 4.42. The molecule has 21 heavy (non-hydrogen) atoms. The number of hydrogen-bond acceptors (Lipinski definition) is 5. The minimum atomic E-state index is 0.757. The van der Waals surface area contributed by atoms with Crippen molar-refractivity contribution in [1.29, 1.82) is 0 Å². The molecular formula is C14H21N5S2. The van der Waals surface area contributed by atoms with Crippen LogP contribution in [-0.4, -0.2) is 29.5 Å². The predicted octanol–water partition coefficient (Wildman–Crippen LogP) is 2.38. The number of thiazole rings is 2. The van der Waals surface area contributed by atoms with Crippen LogP contribution in [0.2, 0.25) is 0 Å². The van der Waals surface area contributed by atoms with E-state index in [9.17, 15) is 0 Å². The van der Waals surface area contributed by atoms with Crippen molar-refractivity contribution in [1.82, 2.24) is 20.6 Å². The Morgan fingerprint density at radius 2 is 2.19 bits per heavy atom. The molecule has 0 spiro atoms. The summed E-state index contributed by atoms with van der Waals surface area (Å²) in [7, 11) is 1.79. The normalized spacial score (nSPS) is 11.7. The monoisotopic (exact) mass is 323 g/mol. The molecule has 5 nitrogen and oxygen atoms in total. The van der Waals surface area contributed by atoms with Crippen LogP contribution in [0, 0.1) is 6.92 Å². The summed E-state index contributed by atoms with van der Waals surface area (Å²) in [4.78, 5) is 15.5. The molecule has 0 aliphatic rings. The molecule has 2 aromatic rings. The molecule has 0 aromatic carbocycles. The first-order valence-corrected chi connectivity index (χ1v) is 8.69. The SMILES string of the molecule is CCc1cnc(CCNC(=NC)NCc2scnc2C)s1. The van der Waals surface area contributed by atoms with E-state index in [4.69, 9.17) is 0 Å². The number of rotatable bonds is 6. The van der Waals surface area contributed by atoms with E-state index in [1.54, 1.807) is 29.7 Å². The molecule has 0 fully saturated rings. The van der Waals surface area contributed by atoms with Crippen LogP contribution in [0.4, 0.5) is 0 Å². The Balaban J connectivity index is 1.74. The molecule has 2 N–H and O–H groups in total. The van der Waals surface area contributed by atoms with E-state index < -0.39 is 0 Å². The van der Waals surface area contributed by atoms with Crippen LogP contribution < -0.4 is 10.6 Å². The van der Waals surface area contributed by atoms with Crippen molar-refractivity contribution >= 4 is 28.6 Å². The zero-order valence-electron chi connectivity index (χ0n) is 12.6. The summed E-state index contributed by atoms with van der Waals surface area (Å²) in [6, 6.07) is 0. The third kappa shape index (κ3) is 4.78. The lowest BCUT2D eigenvalue weighted by Crippen LogP contribution is -2.37. The Labute approximate surface area is 133 Å². The van der Waals surface area contributed by atoms with Crippen LogP contribution in [0.25, 0.3) is 0 Å². The fraction of sp³-hybridized carbons (Fsp3) is 0.500. The summed E-state index contributed by atoms with van der Waals surface area (Å²) in [5.41, 5.74) is 2.95. The molecule has 0 atom stereocenters. The van der Waals surface area contributed by atoms with Gasteiger partial charge in [-0.2, -0.15) is 0 Å². The topological polar surface area (TPSA) is 62.2 Å². The lowest BCUT2D eigenvalue weighted by atomic mass is 10.4. The first kappa shape index (κ1) is 15.9. The Morgan fingerprint density at radius 1 is 1.33 bits per heavy atom. The van der Waals surface area contributed by atoms with E-state index in [1.807, 2.05) is 18.6 Å². The zero-order valence-corrected chi connectivity index (χ0v) is 14.3. The molecule has 0 aliphatic carbocycles. The highest BCUT2D eigenvalue weighted by Crippen LogP contribution is 2.13. The quantitative estimate of drug-likeness (QED) is 0.633. The molecule has 0 aliphatic heterocycles. The van der Waals surface area contributed by atoms with Gasteiger partial charge in [0, 0.05) is 36.0 Å². The number of hydrogen-bond donors (Lipinski definition) is 2. The third-order valence-electron chi connectivity index (χ3n) is 3.07. The smallest absolute Gasteiger partial charge is 0.191 e. The van der Waals surface area contributed by atoms with Gasteiger partial charge in [-0.05, 0) is 13.3 Å². The highest BCUT2D eigenvalue weighted by Gasteiger charge is 2.04. The van der Waals surface area contributed by atoms with Gasteiger partial charge in [0.15, 0.2) is 5.96 Å². The highest BCUT2D eigenvalue weighted by atomic mass is 32.1. The van der Waals surface area contributed by atoms with Crippen molar-refractivity contribution in [3.05, 3.63) is 32.2 Å². The minimum absolute atomic E-state index is 0.757. The Kier molecular flexibility index (Phi) is 6.13. The molecule has 0 radical (unpaired) electrons. The summed E-state index contributed by atoms with van der Waals surface area (Å²) in [5.74, 6) is 0.815. The second-order valence-electron chi connectivity index (χ2n) is 4.54. The van der Waals surface area contributed by atoms with Crippen LogP contribution in [0.5, 0.6) is 0 Å². The molecule has 114 valence electrons. The minimum Gasteiger partial charge on any atom is -0.356 e. The van der Waals surface area contributed by atoms with Gasteiger partial charge < -0.3 is 10.6 Å². The second kappa shape index (κ2) is 8.09. The second-order valence-corrected chi connectivity index (χ2v) is 6.68. The van der Waals surface area contributed by atoms with Gasteiger partial charge in [0.25, 0.3) is 0 Å². The molecule has 0 saturated heterocycles. The van der Waals surface area contributed by atoms with Gasteiger partial charge in [0.2, 0.25) is 0 Å².